The van der Waals surface area contributed by atoms with Gasteiger partial charge in [0.05, 0.1) is 74.2 Å². The van der Waals surface area contributed by atoms with Crippen LogP contribution < -0.4 is 0 Å². The third-order valence-electron chi connectivity index (χ3n) is 10.4. The molecule has 286 valence electrons. The van der Waals surface area contributed by atoms with Crippen molar-refractivity contribution >= 4 is 23.9 Å². The lowest BCUT2D eigenvalue weighted by atomic mass is 9.83. The van der Waals surface area contributed by atoms with Crippen molar-refractivity contribution < 1.29 is 38.1 Å². The standard InChI is InChI=1S/C44H42N4O8/c1-5-53-39(49)43(40(50)54-6-2)23-29-31(25-43)37(47-33(19-21-45)35(29)27-15-11-9-12-16-27)38-32-26-44(41(51)55-7-3,42(52)56-8-4)24-30(32)36(34(48-38)20-22-46)28-17-13-10-14-18-28/h9-18H,5-8,19-20,23-26H2,1-4H3. The van der Waals surface area contributed by atoms with Gasteiger partial charge >= 0.3 is 23.9 Å². The van der Waals surface area contributed by atoms with E-state index in [1.807, 2.05) is 60.7 Å². The Morgan fingerprint density at radius 3 is 1.12 bits per heavy atom. The Hall–Kier alpha value is -6.40. The molecule has 4 aromatic rings. The maximum Gasteiger partial charge on any atom is 0.324 e. The molecule has 2 aromatic heterocycles. The van der Waals surface area contributed by atoms with E-state index in [9.17, 15) is 29.7 Å². The van der Waals surface area contributed by atoms with Gasteiger partial charge in [0.25, 0.3) is 0 Å². The van der Waals surface area contributed by atoms with Gasteiger partial charge in [-0.3, -0.25) is 19.2 Å². The third kappa shape index (κ3) is 6.77. The summed E-state index contributed by atoms with van der Waals surface area (Å²) in [5.41, 5.74) is 2.54. The van der Waals surface area contributed by atoms with E-state index in [-0.39, 0.29) is 76.3 Å². The van der Waals surface area contributed by atoms with E-state index in [1.165, 1.54) is 0 Å². The Labute approximate surface area is 325 Å². The molecule has 12 heteroatoms. The van der Waals surface area contributed by atoms with Crippen LogP contribution in [0.25, 0.3) is 33.6 Å². The molecule has 2 aliphatic carbocycles. The number of benzene rings is 2. The van der Waals surface area contributed by atoms with Gasteiger partial charge in [0, 0.05) is 36.8 Å². The summed E-state index contributed by atoms with van der Waals surface area (Å²) in [5.74, 6) is -3.03. The van der Waals surface area contributed by atoms with E-state index < -0.39 is 34.7 Å². The van der Waals surface area contributed by atoms with Crippen LogP contribution in [0.3, 0.4) is 0 Å². The average molecular weight is 755 g/mol. The molecule has 6 rings (SSSR count). The maximum atomic E-state index is 14.0. The van der Waals surface area contributed by atoms with E-state index in [0.29, 0.717) is 44.8 Å². The predicted molar refractivity (Wildman–Crippen MR) is 203 cm³/mol. The summed E-state index contributed by atoms with van der Waals surface area (Å²) in [6.07, 6.45) is -0.824. The molecule has 2 aliphatic rings. The van der Waals surface area contributed by atoms with Crippen molar-refractivity contribution in [3.63, 3.8) is 0 Å². The molecule has 0 N–H and O–H groups in total. The zero-order valence-corrected chi connectivity index (χ0v) is 31.9. The maximum absolute atomic E-state index is 14.0. The van der Waals surface area contributed by atoms with Gasteiger partial charge in [0.2, 0.25) is 0 Å². The number of carbonyl (C=O) groups is 4. The predicted octanol–water partition coefficient (Wildman–Crippen LogP) is 6.03. The molecule has 0 spiro atoms. The molecule has 0 aliphatic heterocycles. The van der Waals surface area contributed by atoms with Gasteiger partial charge < -0.3 is 18.9 Å². The lowest BCUT2D eigenvalue weighted by molar-refractivity contribution is -0.173. The second-order valence-electron chi connectivity index (χ2n) is 13.6. The molecule has 12 nitrogen and oxygen atoms in total. The van der Waals surface area contributed by atoms with Crippen molar-refractivity contribution in [2.24, 2.45) is 10.8 Å². The fraction of sp³-hybridized carbons (Fsp3) is 0.364. The number of rotatable bonds is 13. The third-order valence-corrected chi connectivity index (χ3v) is 10.4. The van der Waals surface area contributed by atoms with E-state index in [0.717, 1.165) is 11.1 Å². The summed E-state index contributed by atoms with van der Waals surface area (Å²) in [7, 11) is 0. The molecule has 0 unspecified atom stereocenters. The Bertz CT molecular complexity index is 2080. The lowest BCUT2D eigenvalue weighted by Gasteiger charge is -2.24. The van der Waals surface area contributed by atoms with Crippen LogP contribution in [0.15, 0.2) is 60.7 Å². The summed E-state index contributed by atoms with van der Waals surface area (Å²) in [6, 6.07) is 23.0. The average Bonchev–Trinajstić information content (AvgIpc) is 3.81. The van der Waals surface area contributed by atoms with Gasteiger partial charge in [-0.2, -0.15) is 10.5 Å². The molecular weight excluding hydrogens is 713 g/mol. The smallest absolute Gasteiger partial charge is 0.324 e. The van der Waals surface area contributed by atoms with Crippen molar-refractivity contribution in [1.29, 1.82) is 10.5 Å². The van der Waals surface area contributed by atoms with Gasteiger partial charge in [-0.1, -0.05) is 60.7 Å². The fourth-order valence-electron chi connectivity index (χ4n) is 8.07. The van der Waals surface area contributed by atoms with E-state index >= 15 is 0 Å². The quantitative estimate of drug-likeness (QED) is 0.0880. The molecule has 0 saturated heterocycles. The van der Waals surface area contributed by atoms with Crippen LogP contribution in [0.1, 0.15) is 61.3 Å². The van der Waals surface area contributed by atoms with E-state index in [4.69, 9.17) is 28.9 Å². The molecule has 2 heterocycles. The molecular formula is C44H42N4O8. The Morgan fingerprint density at radius 2 is 0.839 bits per heavy atom. The summed E-state index contributed by atoms with van der Waals surface area (Å²) >= 11 is 0. The van der Waals surface area contributed by atoms with Crippen LogP contribution >= 0.6 is 0 Å². The summed E-state index contributed by atoms with van der Waals surface area (Å²) in [4.78, 5) is 66.3. The van der Waals surface area contributed by atoms with Gasteiger partial charge in [-0.15, -0.1) is 0 Å². The second kappa shape index (κ2) is 16.5. The summed E-state index contributed by atoms with van der Waals surface area (Å²) < 4.78 is 22.2. The van der Waals surface area contributed by atoms with Crippen LogP contribution in [-0.4, -0.2) is 60.3 Å². The monoisotopic (exact) mass is 754 g/mol. The number of hydrogen-bond acceptors (Lipinski definition) is 12. The SMILES string of the molecule is CCOC(=O)C1(C(=O)OCC)Cc2c(-c3nc(CC#N)c(-c4ccccc4)c4c3CC(C(=O)OCC)(C(=O)OCC)C4)nc(CC#N)c(-c3ccccc3)c2C1. The number of aromatic nitrogens is 2. The van der Waals surface area contributed by atoms with Crippen molar-refractivity contribution in [2.75, 3.05) is 26.4 Å². The minimum Gasteiger partial charge on any atom is -0.465 e. The topological polar surface area (TPSA) is 179 Å². The highest BCUT2D eigenvalue weighted by molar-refractivity contribution is 6.04. The highest BCUT2D eigenvalue weighted by atomic mass is 16.6. The first kappa shape index (κ1) is 39.3. The van der Waals surface area contributed by atoms with Gasteiger partial charge in [-0.05, 0) is 61.1 Å². The summed E-state index contributed by atoms with van der Waals surface area (Å²) in [5, 5.41) is 20.3. The first-order valence-corrected chi connectivity index (χ1v) is 18.8. The number of carbonyl (C=O) groups excluding carboxylic acids is 4. The lowest BCUT2D eigenvalue weighted by Crippen LogP contribution is -2.43. The first-order chi connectivity index (χ1) is 27.1. The number of esters is 4. The van der Waals surface area contributed by atoms with Crippen LogP contribution in [-0.2, 0) is 76.7 Å². The number of hydrogen-bond donors (Lipinski definition) is 0. The molecule has 0 radical (unpaired) electrons. The van der Waals surface area contributed by atoms with Gasteiger partial charge in [0.1, 0.15) is 0 Å². The molecule has 0 saturated carbocycles. The molecule has 0 fully saturated rings. The Balaban J connectivity index is 1.74. The molecule has 0 atom stereocenters. The van der Waals surface area contributed by atoms with Crippen LogP contribution in [0.4, 0.5) is 0 Å². The minimum absolute atomic E-state index is 0.0179. The zero-order chi connectivity index (χ0) is 40.0. The van der Waals surface area contributed by atoms with Crippen molar-refractivity contribution in [3.8, 4) is 45.8 Å². The van der Waals surface area contributed by atoms with E-state index in [1.54, 1.807) is 27.7 Å². The van der Waals surface area contributed by atoms with Crippen LogP contribution in [0.5, 0.6) is 0 Å². The molecule has 2 aromatic carbocycles. The highest BCUT2D eigenvalue weighted by Crippen LogP contribution is 2.52. The van der Waals surface area contributed by atoms with Crippen LogP contribution in [0, 0.1) is 33.5 Å². The van der Waals surface area contributed by atoms with E-state index in [2.05, 4.69) is 12.1 Å². The molecule has 0 bridgehead atoms. The number of ether oxygens (including phenoxy) is 4. The minimum atomic E-state index is -1.79. The zero-order valence-electron chi connectivity index (χ0n) is 31.9. The number of fused-ring (bicyclic) bond motifs is 2. The summed E-state index contributed by atoms with van der Waals surface area (Å²) in [6.45, 7) is 6.70. The normalized spacial score (nSPS) is 14.4. The molecule has 56 heavy (non-hydrogen) atoms. The fourth-order valence-corrected chi connectivity index (χ4v) is 8.07. The number of pyridine rings is 2. The number of nitriles is 2. The highest BCUT2D eigenvalue weighted by Gasteiger charge is 2.57. The van der Waals surface area contributed by atoms with Crippen molar-refractivity contribution in [1.82, 2.24) is 9.97 Å². The first-order valence-electron chi connectivity index (χ1n) is 18.8. The molecule has 0 amide bonds. The van der Waals surface area contributed by atoms with Crippen molar-refractivity contribution in [2.45, 2.75) is 66.2 Å². The number of nitrogens with zero attached hydrogens (tertiary/aromatic N) is 4. The second-order valence-corrected chi connectivity index (χ2v) is 13.6. The van der Waals surface area contributed by atoms with Gasteiger partial charge in [0.15, 0.2) is 10.8 Å². The van der Waals surface area contributed by atoms with Crippen molar-refractivity contribution in [3.05, 3.63) is 94.3 Å². The van der Waals surface area contributed by atoms with Crippen LogP contribution in [0.2, 0.25) is 0 Å². The van der Waals surface area contributed by atoms with Gasteiger partial charge in [-0.25, -0.2) is 9.97 Å². The largest absolute Gasteiger partial charge is 0.465 e. The Morgan fingerprint density at radius 1 is 0.536 bits per heavy atom. The Kier molecular flexibility index (Phi) is 11.6.